The van der Waals surface area contributed by atoms with Crippen molar-refractivity contribution in [2.24, 2.45) is 0 Å². The quantitative estimate of drug-likeness (QED) is 0.577. The monoisotopic (exact) mass is 375 g/mol. The lowest BCUT2D eigenvalue weighted by molar-refractivity contribution is 0.331. The SMILES string of the molecule is COc1ccc(OCCNc2nc(C)cc(Nc3cccc(C#N)c3)n2)cc1. The number of anilines is 3. The molecule has 28 heavy (non-hydrogen) atoms. The molecule has 0 fully saturated rings. The molecule has 1 heterocycles. The summed E-state index contributed by atoms with van der Waals surface area (Å²) in [5, 5.41) is 15.4. The van der Waals surface area contributed by atoms with Gasteiger partial charge in [-0.1, -0.05) is 6.07 Å². The predicted molar refractivity (Wildman–Crippen MR) is 108 cm³/mol. The number of nitrogens with one attached hydrogen (secondary N) is 2. The van der Waals surface area contributed by atoms with Crippen molar-refractivity contribution in [3.05, 3.63) is 65.9 Å². The third kappa shape index (κ3) is 5.35. The second-order valence-electron chi connectivity index (χ2n) is 5.99. The fourth-order valence-electron chi connectivity index (χ4n) is 2.53. The summed E-state index contributed by atoms with van der Waals surface area (Å²) in [5.74, 6) is 2.73. The fourth-order valence-corrected chi connectivity index (χ4v) is 2.53. The molecule has 0 saturated carbocycles. The molecule has 3 aromatic rings. The van der Waals surface area contributed by atoms with Gasteiger partial charge in [0.05, 0.1) is 25.3 Å². The van der Waals surface area contributed by atoms with Crippen LogP contribution in [0.25, 0.3) is 0 Å². The van der Waals surface area contributed by atoms with Crippen molar-refractivity contribution >= 4 is 17.5 Å². The number of ether oxygens (including phenoxy) is 2. The molecule has 142 valence electrons. The van der Waals surface area contributed by atoms with E-state index in [9.17, 15) is 0 Å². The van der Waals surface area contributed by atoms with Crippen LogP contribution in [0.5, 0.6) is 11.5 Å². The number of hydrogen-bond donors (Lipinski definition) is 2. The second kappa shape index (κ2) is 9.24. The number of aromatic nitrogens is 2. The maximum absolute atomic E-state index is 9.01. The lowest BCUT2D eigenvalue weighted by Gasteiger charge is -2.11. The van der Waals surface area contributed by atoms with Gasteiger partial charge >= 0.3 is 0 Å². The van der Waals surface area contributed by atoms with Crippen molar-refractivity contribution in [2.45, 2.75) is 6.92 Å². The minimum absolute atomic E-state index is 0.469. The van der Waals surface area contributed by atoms with Crippen LogP contribution in [0, 0.1) is 18.3 Å². The van der Waals surface area contributed by atoms with Gasteiger partial charge in [0, 0.05) is 17.4 Å². The molecule has 0 bridgehead atoms. The second-order valence-corrected chi connectivity index (χ2v) is 5.99. The summed E-state index contributed by atoms with van der Waals surface area (Å²) in [6, 6.07) is 18.6. The zero-order valence-corrected chi connectivity index (χ0v) is 15.8. The Morgan fingerprint density at radius 1 is 1.04 bits per heavy atom. The molecule has 0 amide bonds. The molecular formula is C21H21N5O2. The van der Waals surface area contributed by atoms with Gasteiger partial charge in [0.1, 0.15) is 23.9 Å². The smallest absolute Gasteiger partial charge is 0.224 e. The summed E-state index contributed by atoms with van der Waals surface area (Å²) in [5.41, 5.74) is 2.21. The first-order valence-corrected chi connectivity index (χ1v) is 8.80. The summed E-state index contributed by atoms with van der Waals surface area (Å²) in [6.45, 7) is 2.92. The third-order valence-corrected chi connectivity index (χ3v) is 3.83. The Balaban J connectivity index is 1.56. The number of benzene rings is 2. The standard InChI is InChI=1S/C21H21N5O2/c1-15-12-20(25-17-5-3-4-16(13-17)14-22)26-21(24-15)23-10-11-28-19-8-6-18(27-2)7-9-19/h3-9,12-13H,10-11H2,1-2H3,(H2,23,24,25,26). The third-order valence-electron chi connectivity index (χ3n) is 3.83. The zero-order chi connectivity index (χ0) is 19.8. The zero-order valence-electron chi connectivity index (χ0n) is 15.8. The molecule has 7 nitrogen and oxygen atoms in total. The molecule has 0 radical (unpaired) electrons. The Hall–Kier alpha value is -3.79. The normalized spacial score (nSPS) is 10.0. The highest BCUT2D eigenvalue weighted by atomic mass is 16.5. The van der Waals surface area contributed by atoms with Crippen LogP contribution in [0.2, 0.25) is 0 Å². The summed E-state index contributed by atoms with van der Waals surface area (Å²) < 4.78 is 10.8. The van der Waals surface area contributed by atoms with Crippen molar-refractivity contribution in [2.75, 3.05) is 30.9 Å². The molecule has 3 rings (SSSR count). The van der Waals surface area contributed by atoms with Crippen LogP contribution in [0.4, 0.5) is 17.5 Å². The maximum atomic E-state index is 9.01. The largest absolute Gasteiger partial charge is 0.497 e. The topological polar surface area (TPSA) is 92.1 Å². The molecule has 1 aromatic heterocycles. The minimum atomic E-state index is 0.469. The highest BCUT2D eigenvalue weighted by molar-refractivity contribution is 5.59. The molecule has 0 atom stereocenters. The van der Waals surface area contributed by atoms with Crippen LogP contribution in [-0.4, -0.2) is 30.2 Å². The van der Waals surface area contributed by atoms with E-state index in [0.717, 1.165) is 22.9 Å². The van der Waals surface area contributed by atoms with E-state index in [4.69, 9.17) is 14.7 Å². The highest BCUT2D eigenvalue weighted by Gasteiger charge is 2.04. The number of aryl methyl sites for hydroxylation is 1. The van der Waals surface area contributed by atoms with Crippen molar-refractivity contribution in [1.29, 1.82) is 5.26 Å². The summed E-state index contributed by atoms with van der Waals surface area (Å²) in [7, 11) is 1.63. The molecule has 0 aliphatic heterocycles. The van der Waals surface area contributed by atoms with Crippen molar-refractivity contribution in [3.8, 4) is 17.6 Å². The van der Waals surface area contributed by atoms with Crippen LogP contribution in [0.15, 0.2) is 54.6 Å². The van der Waals surface area contributed by atoms with Crippen LogP contribution in [0.3, 0.4) is 0 Å². The van der Waals surface area contributed by atoms with Gasteiger partial charge in [-0.3, -0.25) is 0 Å². The van der Waals surface area contributed by atoms with Gasteiger partial charge in [0.2, 0.25) is 5.95 Å². The average molecular weight is 375 g/mol. The van der Waals surface area contributed by atoms with E-state index in [2.05, 4.69) is 26.7 Å². The van der Waals surface area contributed by atoms with Crippen molar-refractivity contribution in [3.63, 3.8) is 0 Å². The number of rotatable bonds is 8. The van der Waals surface area contributed by atoms with Gasteiger partial charge in [0.25, 0.3) is 0 Å². The molecule has 2 aromatic carbocycles. The number of nitrogens with zero attached hydrogens (tertiary/aromatic N) is 3. The molecule has 0 saturated heterocycles. The molecule has 0 aliphatic rings. The minimum Gasteiger partial charge on any atom is -0.497 e. The van der Waals surface area contributed by atoms with Gasteiger partial charge in [-0.05, 0) is 49.4 Å². The lowest BCUT2D eigenvalue weighted by atomic mass is 10.2. The Labute approximate surface area is 164 Å². The Morgan fingerprint density at radius 2 is 1.82 bits per heavy atom. The maximum Gasteiger partial charge on any atom is 0.224 e. The first kappa shape index (κ1) is 19.0. The van der Waals surface area contributed by atoms with Gasteiger partial charge in [-0.15, -0.1) is 0 Å². The Kier molecular flexibility index (Phi) is 6.26. The number of nitriles is 1. The predicted octanol–water partition coefficient (Wildman–Crippen LogP) is 3.90. The van der Waals surface area contributed by atoms with Gasteiger partial charge in [-0.2, -0.15) is 10.2 Å². The fraction of sp³-hybridized carbons (Fsp3) is 0.190. The molecule has 7 heteroatoms. The van der Waals surface area contributed by atoms with E-state index in [1.54, 1.807) is 19.2 Å². The summed E-state index contributed by atoms with van der Waals surface area (Å²) in [6.07, 6.45) is 0. The van der Waals surface area contributed by atoms with Gasteiger partial charge in [0.15, 0.2) is 0 Å². The number of hydrogen-bond acceptors (Lipinski definition) is 7. The molecule has 0 spiro atoms. The van der Waals surface area contributed by atoms with Crippen LogP contribution in [-0.2, 0) is 0 Å². The lowest BCUT2D eigenvalue weighted by Crippen LogP contribution is -2.14. The summed E-state index contributed by atoms with van der Waals surface area (Å²) >= 11 is 0. The first-order chi connectivity index (χ1) is 13.7. The molecule has 2 N–H and O–H groups in total. The Bertz CT molecular complexity index is 967. The number of methoxy groups -OCH3 is 1. The summed E-state index contributed by atoms with van der Waals surface area (Å²) in [4.78, 5) is 8.85. The first-order valence-electron chi connectivity index (χ1n) is 8.80. The molecule has 0 unspecified atom stereocenters. The van der Waals surface area contributed by atoms with E-state index in [-0.39, 0.29) is 0 Å². The van der Waals surface area contributed by atoms with Crippen LogP contribution in [0.1, 0.15) is 11.3 Å². The van der Waals surface area contributed by atoms with Crippen LogP contribution >= 0.6 is 0 Å². The van der Waals surface area contributed by atoms with E-state index < -0.39 is 0 Å². The van der Waals surface area contributed by atoms with Gasteiger partial charge < -0.3 is 20.1 Å². The molecular weight excluding hydrogens is 354 g/mol. The van der Waals surface area contributed by atoms with Gasteiger partial charge in [-0.25, -0.2) is 4.98 Å². The van der Waals surface area contributed by atoms with E-state index in [0.29, 0.717) is 30.5 Å². The molecule has 0 aliphatic carbocycles. The van der Waals surface area contributed by atoms with Crippen molar-refractivity contribution in [1.82, 2.24) is 9.97 Å². The van der Waals surface area contributed by atoms with E-state index >= 15 is 0 Å². The van der Waals surface area contributed by atoms with E-state index in [1.165, 1.54) is 0 Å². The van der Waals surface area contributed by atoms with E-state index in [1.807, 2.05) is 49.4 Å². The Morgan fingerprint density at radius 3 is 2.57 bits per heavy atom. The average Bonchev–Trinajstić information content (AvgIpc) is 2.71. The van der Waals surface area contributed by atoms with Crippen LogP contribution < -0.4 is 20.1 Å². The van der Waals surface area contributed by atoms with Crippen molar-refractivity contribution < 1.29 is 9.47 Å². The highest BCUT2D eigenvalue weighted by Crippen LogP contribution is 2.18.